The smallest absolute Gasteiger partial charge is 0.0991 e. The molecule has 1 aromatic heterocycles. The zero-order valence-corrected chi connectivity index (χ0v) is 13.5. The number of hydrogen-bond donors (Lipinski definition) is 1. The number of hydrogen-bond acceptors (Lipinski definition) is 3. The maximum Gasteiger partial charge on any atom is 0.0991 e. The van der Waals surface area contributed by atoms with E-state index in [0.29, 0.717) is 11.6 Å². The van der Waals surface area contributed by atoms with Crippen LogP contribution >= 0.6 is 0 Å². The lowest BCUT2D eigenvalue weighted by atomic mass is 9.95. The van der Waals surface area contributed by atoms with Crippen molar-refractivity contribution >= 4 is 0 Å². The molecule has 0 spiro atoms. The Kier molecular flexibility index (Phi) is 5.44. The number of nitriles is 1. The summed E-state index contributed by atoms with van der Waals surface area (Å²) in [5.41, 5.74) is 3.16. The second kappa shape index (κ2) is 7.94. The van der Waals surface area contributed by atoms with Gasteiger partial charge in [0.2, 0.25) is 0 Å². The Morgan fingerprint density at radius 2 is 1.96 bits per heavy atom. The molecule has 0 radical (unpaired) electrons. The summed E-state index contributed by atoms with van der Waals surface area (Å²) in [6, 6.07) is 10.6. The highest BCUT2D eigenvalue weighted by atomic mass is 15.0. The summed E-state index contributed by atoms with van der Waals surface area (Å²) in [6.07, 6.45) is 11.7. The second-order valence-electron chi connectivity index (χ2n) is 6.36. The van der Waals surface area contributed by atoms with Gasteiger partial charge in [-0.2, -0.15) is 5.26 Å². The Balaban J connectivity index is 1.53. The van der Waals surface area contributed by atoms with Gasteiger partial charge >= 0.3 is 0 Å². The van der Waals surface area contributed by atoms with Gasteiger partial charge in [0, 0.05) is 37.4 Å². The number of aromatic nitrogens is 2. The molecule has 0 saturated heterocycles. The molecule has 1 N–H and O–H groups in total. The van der Waals surface area contributed by atoms with Crippen LogP contribution in [0.2, 0.25) is 0 Å². The van der Waals surface area contributed by atoms with Gasteiger partial charge in [0.25, 0.3) is 0 Å². The summed E-state index contributed by atoms with van der Waals surface area (Å²) in [7, 11) is 0. The topological polar surface area (TPSA) is 53.6 Å². The van der Waals surface area contributed by atoms with Crippen LogP contribution in [0.3, 0.4) is 0 Å². The first-order valence-corrected chi connectivity index (χ1v) is 8.56. The van der Waals surface area contributed by atoms with Gasteiger partial charge in [-0.3, -0.25) is 0 Å². The van der Waals surface area contributed by atoms with Crippen LogP contribution in [-0.4, -0.2) is 22.1 Å². The van der Waals surface area contributed by atoms with Crippen LogP contribution in [0.1, 0.15) is 48.9 Å². The van der Waals surface area contributed by atoms with Crippen molar-refractivity contribution in [1.82, 2.24) is 14.9 Å². The zero-order chi connectivity index (χ0) is 15.9. The van der Waals surface area contributed by atoms with Crippen molar-refractivity contribution in [1.29, 1.82) is 5.26 Å². The van der Waals surface area contributed by atoms with E-state index in [2.05, 4.69) is 20.9 Å². The third-order valence-electron chi connectivity index (χ3n) is 4.65. The molecule has 23 heavy (non-hydrogen) atoms. The molecule has 4 heteroatoms. The van der Waals surface area contributed by atoms with E-state index in [9.17, 15) is 0 Å². The lowest BCUT2D eigenvalue weighted by Crippen LogP contribution is -2.32. The Hall–Kier alpha value is -2.12. The minimum Gasteiger partial charge on any atom is -0.330 e. The molecule has 120 valence electrons. The van der Waals surface area contributed by atoms with Crippen LogP contribution in [0.4, 0.5) is 0 Å². The van der Waals surface area contributed by atoms with Gasteiger partial charge in [0.15, 0.2) is 0 Å². The fourth-order valence-corrected chi connectivity index (χ4v) is 3.29. The molecule has 0 bridgehead atoms. The standard InChI is InChI=1S/C19H24N4/c20-12-16-6-8-17(9-7-16)14-23-15-21-13-19(23)10-11-22-18-4-2-1-3-5-18/h6-9,13,15,18,22H,1-5,10-11,14H2. The molecule has 0 unspecified atom stereocenters. The maximum absolute atomic E-state index is 8.86. The Morgan fingerprint density at radius 1 is 1.17 bits per heavy atom. The van der Waals surface area contributed by atoms with Gasteiger partial charge < -0.3 is 9.88 Å². The highest BCUT2D eigenvalue weighted by molar-refractivity contribution is 5.31. The molecular formula is C19H24N4. The summed E-state index contributed by atoms with van der Waals surface area (Å²) in [5.74, 6) is 0. The quantitative estimate of drug-likeness (QED) is 0.891. The highest BCUT2D eigenvalue weighted by Crippen LogP contribution is 2.17. The van der Waals surface area contributed by atoms with Crippen molar-refractivity contribution in [2.45, 2.75) is 51.1 Å². The first-order chi connectivity index (χ1) is 11.3. The van der Waals surface area contributed by atoms with E-state index in [-0.39, 0.29) is 0 Å². The first-order valence-electron chi connectivity index (χ1n) is 8.56. The molecule has 1 aromatic carbocycles. The minimum atomic E-state index is 0.705. The fourth-order valence-electron chi connectivity index (χ4n) is 3.29. The van der Waals surface area contributed by atoms with Crippen molar-refractivity contribution < 1.29 is 0 Å². The average Bonchev–Trinajstić information content (AvgIpc) is 3.04. The molecule has 0 atom stereocenters. The molecule has 2 aromatic rings. The van der Waals surface area contributed by atoms with Crippen molar-refractivity contribution in [3.63, 3.8) is 0 Å². The van der Waals surface area contributed by atoms with Gasteiger partial charge in [0.05, 0.1) is 18.0 Å². The van der Waals surface area contributed by atoms with E-state index >= 15 is 0 Å². The summed E-state index contributed by atoms with van der Waals surface area (Å²) in [4.78, 5) is 4.30. The van der Waals surface area contributed by atoms with Crippen molar-refractivity contribution in [2.24, 2.45) is 0 Å². The van der Waals surface area contributed by atoms with Gasteiger partial charge in [-0.05, 0) is 30.5 Å². The van der Waals surface area contributed by atoms with Crippen molar-refractivity contribution in [3.05, 3.63) is 53.6 Å². The number of nitrogens with zero attached hydrogens (tertiary/aromatic N) is 3. The molecule has 1 aliphatic rings. The van der Waals surface area contributed by atoms with Crippen LogP contribution in [0.25, 0.3) is 0 Å². The van der Waals surface area contributed by atoms with E-state index in [0.717, 1.165) is 19.5 Å². The molecule has 4 nitrogen and oxygen atoms in total. The van der Waals surface area contributed by atoms with E-state index < -0.39 is 0 Å². The lowest BCUT2D eigenvalue weighted by molar-refractivity contribution is 0.374. The summed E-state index contributed by atoms with van der Waals surface area (Å²) in [6.45, 7) is 1.83. The van der Waals surface area contributed by atoms with Gasteiger partial charge in [0.1, 0.15) is 0 Å². The predicted octanol–water partition coefficient (Wildman–Crippen LogP) is 3.27. The summed E-state index contributed by atoms with van der Waals surface area (Å²) < 4.78 is 2.20. The normalized spacial score (nSPS) is 15.4. The van der Waals surface area contributed by atoms with E-state index in [1.165, 1.54) is 43.4 Å². The minimum absolute atomic E-state index is 0.705. The number of nitrogens with one attached hydrogen (secondary N) is 1. The predicted molar refractivity (Wildman–Crippen MR) is 91.1 cm³/mol. The monoisotopic (exact) mass is 308 g/mol. The van der Waals surface area contributed by atoms with Crippen LogP contribution in [-0.2, 0) is 13.0 Å². The molecular weight excluding hydrogens is 284 g/mol. The van der Waals surface area contributed by atoms with E-state index in [4.69, 9.17) is 5.26 Å². The third kappa shape index (κ3) is 4.43. The third-order valence-corrected chi connectivity index (χ3v) is 4.65. The molecule has 1 aliphatic carbocycles. The lowest BCUT2D eigenvalue weighted by Gasteiger charge is -2.22. The maximum atomic E-state index is 8.86. The molecule has 1 heterocycles. The fraction of sp³-hybridized carbons (Fsp3) is 0.474. The van der Waals surface area contributed by atoms with E-state index in [1.54, 1.807) is 0 Å². The van der Waals surface area contributed by atoms with Crippen LogP contribution in [0, 0.1) is 11.3 Å². The number of imidazole rings is 1. The van der Waals surface area contributed by atoms with E-state index in [1.807, 2.05) is 36.8 Å². The Bertz CT molecular complexity index is 645. The number of rotatable bonds is 6. The Labute approximate surface area is 138 Å². The van der Waals surface area contributed by atoms with Crippen LogP contribution in [0.5, 0.6) is 0 Å². The highest BCUT2D eigenvalue weighted by Gasteiger charge is 2.12. The van der Waals surface area contributed by atoms with Crippen LogP contribution in [0.15, 0.2) is 36.8 Å². The molecule has 1 fully saturated rings. The van der Waals surface area contributed by atoms with Gasteiger partial charge in [-0.25, -0.2) is 4.98 Å². The molecule has 0 amide bonds. The largest absolute Gasteiger partial charge is 0.330 e. The van der Waals surface area contributed by atoms with Gasteiger partial charge in [-0.1, -0.05) is 31.4 Å². The Morgan fingerprint density at radius 3 is 2.70 bits per heavy atom. The second-order valence-corrected chi connectivity index (χ2v) is 6.36. The first kappa shape index (κ1) is 15.8. The molecule has 3 rings (SSSR count). The average molecular weight is 308 g/mol. The zero-order valence-electron chi connectivity index (χ0n) is 13.5. The van der Waals surface area contributed by atoms with Gasteiger partial charge in [-0.15, -0.1) is 0 Å². The summed E-state index contributed by atoms with van der Waals surface area (Å²) in [5, 5.41) is 12.6. The SMILES string of the molecule is N#Cc1ccc(Cn2cncc2CCNC2CCCCC2)cc1. The molecule has 0 aliphatic heterocycles. The number of benzene rings is 1. The van der Waals surface area contributed by atoms with Crippen molar-refractivity contribution in [2.75, 3.05) is 6.54 Å². The van der Waals surface area contributed by atoms with Crippen molar-refractivity contribution in [3.8, 4) is 6.07 Å². The summed E-state index contributed by atoms with van der Waals surface area (Å²) >= 11 is 0. The molecule has 1 saturated carbocycles. The van der Waals surface area contributed by atoms with Crippen LogP contribution < -0.4 is 5.32 Å².